The quantitative estimate of drug-likeness (QED) is 0.288. The molecule has 0 aliphatic carbocycles. The number of nitrogens with one attached hydrogen (secondary N) is 1. The molecule has 0 unspecified atom stereocenters. The van der Waals surface area contributed by atoms with Crippen LogP contribution in [0, 0.1) is 11.6 Å². The lowest BCUT2D eigenvalue weighted by Crippen LogP contribution is -2.35. The van der Waals surface area contributed by atoms with Crippen molar-refractivity contribution in [1.29, 1.82) is 0 Å². The third kappa shape index (κ3) is 5.58. The summed E-state index contributed by atoms with van der Waals surface area (Å²) in [4.78, 5) is 38.9. The van der Waals surface area contributed by atoms with Gasteiger partial charge in [0.05, 0.1) is 23.4 Å². The first-order valence-electron chi connectivity index (χ1n) is 12.8. The Morgan fingerprint density at radius 2 is 1.67 bits per heavy atom. The number of piperidine rings is 1. The fraction of sp³-hybridized carbons (Fsp3) is 0.233. The molecule has 1 fully saturated rings. The molecule has 1 aliphatic heterocycles. The van der Waals surface area contributed by atoms with Gasteiger partial charge in [-0.25, -0.2) is 18.4 Å². The topological polar surface area (TPSA) is 84.5 Å². The maximum atomic E-state index is 14.3. The summed E-state index contributed by atoms with van der Waals surface area (Å²) < 4.78 is 33.5. The van der Waals surface area contributed by atoms with E-state index in [2.05, 4.69) is 9.97 Å². The second kappa shape index (κ2) is 11.6. The van der Waals surface area contributed by atoms with Crippen molar-refractivity contribution in [1.82, 2.24) is 15.0 Å². The van der Waals surface area contributed by atoms with Crippen molar-refractivity contribution in [3.05, 3.63) is 102 Å². The number of esters is 1. The number of hydroxylamine groups is 2. The van der Waals surface area contributed by atoms with E-state index in [9.17, 15) is 18.4 Å². The van der Waals surface area contributed by atoms with Gasteiger partial charge in [-0.3, -0.25) is 4.98 Å². The zero-order valence-electron chi connectivity index (χ0n) is 21.3. The zero-order valence-corrected chi connectivity index (χ0v) is 21.3. The molecule has 9 heteroatoms. The molecule has 200 valence electrons. The highest BCUT2D eigenvalue weighted by molar-refractivity contribution is 6.03. The van der Waals surface area contributed by atoms with Gasteiger partial charge in [-0.1, -0.05) is 18.2 Å². The van der Waals surface area contributed by atoms with Gasteiger partial charge in [0.15, 0.2) is 11.6 Å². The number of halogens is 2. The van der Waals surface area contributed by atoms with Gasteiger partial charge in [0, 0.05) is 48.2 Å². The number of rotatable bonds is 7. The third-order valence-electron chi connectivity index (χ3n) is 6.77. The SMILES string of the molecule is CCOC(=O)c1c(C2CCN(OC(=O)c3ccccc3)CC2)[nH]c(-c2ccc(F)c(F)c2)c1-c1ccncc1. The molecular formula is C30H27F2N3O4. The van der Waals surface area contributed by atoms with Crippen LogP contribution in [0.3, 0.4) is 0 Å². The molecule has 7 nitrogen and oxygen atoms in total. The molecule has 5 rings (SSSR count). The number of ether oxygens (including phenoxy) is 1. The number of aromatic nitrogens is 2. The van der Waals surface area contributed by atoms with E-state index in [1.54, 1.807) is 60.8 Å². The molecule has 1 N–H and O–H groups in total. The monoisotopic (exact) mass is 531 g/mol. The Hall–Kier alpha value is -4.37. The molecular weight excluding hydrogens is 504 g/mol. The first kappa shape index (κ1) is 26.2. The van der Waals surface area contributed by atoms with Crippen LogP contribution < -0.4 is 0 Å². The van der Waals surface area contributed by atoms with Crippen molar-refractivity contribution >= 4 is 11.9 Å². The smallest absolute Gasteiger partial charge is 0.357 e. The Balaban J connectivity index is 1.50. The summed E-state index contributed by atoms with van der Waals surface area (Å²) >= 11 is 0. The molecule has 39 heavy (non-hydrogen) atoms. The minimum Gasteiger partial charge on any atom is -0.462 e. The maximum absolute atomic E-state index is 14.3. The summed E-state index contributed by atoms with van der Waals surface area (Å²) in [6.07, 6.45) is 4.38. The molecule has 0 spiro atoms. The standard InChI is InChI=1S/C30H27F2N3O4/c1-2-38-30(37)26-25(19-10-14-33-15-11-19)28(22-8-9-23(31)24(32)18-22)34-27(26)20-12-16-35(17-13-20)39-29(36)21-6-4-3-5-7-21/h3-11,14-15,18,20,34H,2,12-13,16-17H2,1H3. The second-order valence-electron chi connectivity index (χ2n) is 9.20. The van der Waals surface area contributed by atoms with E-state index >= 15 is 0 Å². The van der Waals surface area contributed by atoms with Crippen molar-refractivity contribution in [2.24, 2.45) is 0 Å². The lowest BCUT2D eigenvalue weighted by molar-refractivity contribution is -0.122. The van der Waals surface area contributed by atoms with E-state index < -0.39 is 23.6 Å². The number of pyridine rings is 1. The highest BCUT2D eigenvalue weighted by atomic mass is 19.2. The summed E-state index contributed by atoms with van der Waals surface area (Å²) in [5.41, 5.74) is 3.56. The number of hydrogen-bond acceptors (Lipinski definition) is 6. The van der Waals surface area contributed by atoms with Gasteiger partial charge in [-0.2, -0.15) is 0 Å². The van der Waals surface area contributed by atoms with Crippen LogP contribution in [0.4, 0.5) is 8.78 Å². The number of nitrogens with zero attached hydrogens (tertiary/aromatic N) is 2. The molecule has 2 aromatic heterocycles. The average molecular weight is 532 g/mol. The van der Waals surface area contributed by atoms with Crippen LogP contribution in [0.2, 0.25) is 0 Å². The first-order chi connectivity index (χ1) is 19.0. The lowest BCUT2D eigenvalue weighted by Gasteiger charge is -2.30. The van der Waals surface area contributed by atoms with E-state index in [1.165, 1.54) is 6.07 Å². The number of hydrogen-bond donors (Lipinski definition) is 1. The minimum absolute atomic E-state index is 0.101. The van der Waals surface area contributed by atoms with Gasteiger partial charge in [0.1, 0.15) is 0 Å². The van der Waals surface area contributed by atoms with E-state index in [-0.39, 0.29) is 12.5 Å². The van der Waals surface area contributed by atoms with Crippen LogP contribution in [-0.2, 0) is 9.57 Å². The normalized spacial score (nSPS) is 14.2. The summed E-state index contributed by atoms with van der Waals surface area (Å²) in [5.74, 6) is -2.99. The highest BCUT2D eigenvalue weighted by Crippen LogP contribution is 2.42. The fourth-order valence-corrected chi connectivity index (χ4v) is 4.90. The molecule has 2 aromatic carbocycles. The van der Waals surface area contributed by atoms with E-state index in [4.69, 9.17) is 9.57 Å². The fourth-order valence-electron chi connectivity index (χ4n) is 4.90. The van der Waals surface area contributed by atoms with Crippen molar-refractivity contribution < 1.29 is 27.9 Å². The van der Waals surface area contributed by atoms with Crippen molar-refractivity contribution in [2.45, 2.75) is 25.7 Å². The van der Waals surface area contributed by atoms with E-state index in [1.807, 2.05) is 6.07 Å². The maximum Gasteiger partial charge on any atom is 0.357 e. The molecule has 0 radical (unpaired) electrons. The molecule has 3 heterocycles. The van der Waals surface area contributed by atoms with Gasteiger partial charge in [-0.05, 0) is 67.8 Å². The Bertz CT molecular complexity index is 1470. The predicted molar refractivity (Wildman–Crippen MR) is 141 cm³/mol. The highest BCUT2D eigenvalue weighted by Gasteiger charge is 2.33. The molecule has 0 saturated carbocycles. The van der Waals surface area contributed by atoms with Crippen molar-refractivity contribution in [3.8, 4) is 22.4 Å². The molecule has 1 saturated heterocycles. The summed E-state index contributed by atoms with van der Waals surface area (Å²) in [6, 6.07) is 15.9. The molecule has 1 aliphatic rings. The Morgan fingerprint density at radius 3 is 2.33 bits per heavy atom. The van der Waals surface area contributed by atoms with Crippen LogP contribution in [0.1, 0.15) is 52.1 Å². The number of carbonyl (C=O) groups is 2. The van der Waals surface area contributed by atoms with Crippen LogP contribution in [0.25, 0.3) is 22.4 Å². The van der Waals surface area contributed by atoms with Gasteiger partial charge < -0.3 is 14.6 Å². The van der Waals surface area contributed by atoms with Crippen LogP contribution in [0.5, 0.6) is 0 Å². The zero-order chi connectivity index (χ0) is 27.4. The third-order valence-corrected chi connectivity index (χ3v) is 6.77. The van der Waals surface area contributed by atoms with Crippen LogP contribution in [-0.4, -0.2) is 46.7 Å². The number of benzene rings is 2. The minimum atomic E-state index is -0.990. The van der Waals surface area contributed by atoms with Crippen LogP contribution in [0.15, 0.2) is 73.1 Å². The lowest BCUT2D eigenvalue weighted by atomic mass is 9.89. The molecule has 0 bridgehead atoms. The average Bonchev–Trinajstić information content (AvgIpc) is 3.37. The van der Waals surface area contributed by atoms with Gasteiger partial charge in [-0.15, -0.1) is 5.06 Å². The summed E-state index contributed by atoms with van der Waals surface area (Å²) in [6.45, 7) is 2.81. The largest absolute Gasteiger partial charge is 0.462 e. The van der Waals surface area contributed by atoms with Crippen LogP contribution >= 0.6 is 0 Å². The summed E-state index contributed by atoms with van der Waals surface area (Å²) in [5, 5.41) is 1.62. The second-order valence-corrected chi connectivity index (χ2v) is 9.20. The van der Waals surface area contributed by atoms with E-state index in [0.29, 0.717) is 65.1 Å². The number of carbonyl (C=O) groups excluding carboxylic acids is 2. The van der Waals surface area contributed by atoms with E-state index in [0.717, 1.165) is 12.1 Å². The van der Waals surface area contributed by atoms with Gasteiger partial charge >= 0.3 is 11.9 Å². The summed E-state index contributed by atoms with van der Waals surface area (Å²) in [7, 11) is 0. The molecule has 0 atom stereocenters. The molecule has 0 amide bonds. The predicted octanol–water partition coefficient (Wildman–Crippen LogP) is 6.15. The van der Waals surface area contributed by atoms with Gasteiger partial charge in [0.25, 0.3) is 0 Å². The Kier molecular flexibility index (Phi) is 7.79. The van der Waals surface area contributed by atoms with Crippen molar-refractivity contribution in [3.63, 3.8) is 0 Å². The molecule has 4 aromatic rings. The Morgan fingerprint density at radius 1 is 0.949 bits per heavy atom. The number of H-pyrrole nitrogens is 1. The number of aromatic amines is 1. The first-order valence-corrected chi connectivity index (χ1v) is 12.8. The van der Waals surface area contributed by atoms with Crippen molar-refractivity contribution in [2.75, 3.05) is 19.7 Å². The Labute approximate surface area is 224 Å². The van der Waals surface area contributed by atoms with Gasteiger partial charge in [0.2, 0.25) is 0 Å².